The fourth-order valence-corrected chi connectivity index (χ4v) is 4.53. The summed E-state index contributed by atoms with van der Waals surface area (Å²) in [5, 5.41) is 22.1. The minimum Gasteiger partial charge on any atom is -0.490 e. The molecule has 12 heteroatoms. The van der Waals surface area contributed by atoms with E-state index in [0.29, 0.717) is 50.0 Å². The van der Waals surface area contributed by atoms with E-state index >= 15 is 0 Å². The van der Waals surface area contributed by atoms with Crippen LogP contribution in [0.2, 0.25) is 0 Å². The predicted octanol–water partition coefficient (Wildman–Crippen LogP) is 4.88. The second-order valence-electron chi connectivity index (χ2n) is 9.06. The molecule has 2 fully saturated rings. The molecule has 3 N–H and O–H groups in total. The summed E-state index contributed by atoms with van der Waals surface area (Å²) in [6.45, 7) is 0. The number of carbonyl (C=O) groups is 2. The Kier molecular flexibility index (Phi) is 7.46. The molecular weight excluding hydrogens is 469 g/mol. The van der Waals surface area contributed by atoms with Crippen molar-refractivity contribution in [3.8, 4) is 5.75 Å². The Morgan fingerprint density at radius 1 is 0.971 bits per heavy atom. The highest BCUT2D eigenvalue weighted by atomic mass is 19.4. The molecule has 0 atom stereocenters. The van der Waals surface area contributed by atoms with Gasteiger partial charge >= 0.3 is 30.0 Å². The Hall–Kier alpha value is -3.31. The van der Waals surface area contributed by atoms with Gasteiger partial charge in [0.2, 0.25) is 0 Å². The van der Waals surface area contributed by atoms with Crippen molar-refractivity contribution in [3.05, 3.63) is 30.2 Å². The summed E-state index contributed by atoms with van der Waals surface area (Å²) >= 11 is 0. The number of nitrogens with zero attached hydrogens (tertiary/aromatic N) is 2. The second-order valence-corrected chi connectivity index (χ2v) is 9.06. The van der Waals surface area contributed by atoms with Gasteiger partial charge in [-0.25, -0.2) is 0 Å². The van der Waals surface area contributed by atoms with E-state index in [2.05, 4.69) is 20.8 Å². The molecular formula is C23H27F3N4O5. The molecule has 0 aliphatic heterocycles. The summed E-state index contributed by atoms with van der Waals surface area (Å²) in [5.74, 6) is -2.63. The number of aromatic nitrogens is 2. The first-order valence-electron chi connectivity index (χ1n) is 11.6. The van der Waals surface area contributed by atoms with Crippen molar-refractivity contribution >= 4 is 23.6 Å². The molecule has 2 aromatic rings. The number of rotatable bonds is 7. The molecule has 190 valence electrons. The molecule has 35 heavy (non-hydrogen) atoms. The molecule has 0 bridgehead atoms. The molecule has 1 heterocycles. The first kappa shape index (κ1) is 24.8. The number of nitrogens with one attached hydrogen (secondary N) is 2. The van der Waals surface area contributed by atoms with Crippen LogP contribution in [0.25, 0.3) is 0 Å². The van der Waals surface area contributed by atoms with Gasteiger partial charge in [-0.1, -0.05) is 5.10 Å². The fourth-order valence-electron chi connectivity index (χ4n) is 4.53. The molecule has 0 saturated heterocycles. The van der Waals surface area contributed by atoms with Crippen molar-refractivity contribution in [1.82, 2.24) is 10.2 Å². The van der Waals surface area contributed by atoms with Gasteiger partial charge in [0, 0.05) is 11.7 Å². The zero-order valence-corrected chi connectivity index (χ0v) is 18.9. The third-order valence-electron chi connectivity index (χ3n) is 6.58. The third kappa shape index (κ3) is 6.64. The van der Waals surface area contributed by atoms with Gasteiger partial charge in [-0.15, -0.1) is 5.10 Å². The molecule has 1 aromatic heterocycles. The van der Waals surface area contributed by atoms with E-state index in [1.54, 1.807) is 24.3 Å². The zero-order chi connectivity index (χ0) is 25.0. The lowest BCUT2D eigenvalue weighted by molar-refractivity contribution is -0.182. The molecule has 2 aliphatic carbocycles. The van der Waals surface area contributed by atoms with Crippen LogP contribution in [0, 0.1) is 11.8 Å². The molecule has 0 spiro atoms. The molecule has 4 rings (SSSR count). The van der Waals surface area contributed by atoms with Crippen LogP contribution < -0.4 is 15.4 Å². The minimum absolute atomic E-state index is 0.00743. The predicted molar refractivity (Wildman–Crippen MR) is 118 cm³/mol. The Labute approximate surface area is 199 Å². The van der Waals surface area contributed by atoms with Crippen LogP contribution in [-0.4, -0.2) is 45.5 Å². The van der Waals surface area contributed by atoms with Crippen molar-refractivity contribution in [1.29, 1.82) is 0 Å². The van der Waals surface area contributed by atoms with Crippen LogP contribution in [0.5, 0.6) is 5.75 Å². The Morgan fingerprint density at radius 3 is 2.23 bits per heavy atom. The van der Waals surface area contributed by atoms with E-state index in [1.165, 1.54) is 0 Å². The van der Waals surface area contributed by atoms with Crippen molar-refractivity contribution in [2.75, 3.05) is 10.6 Å². The van der Waals surface area contributed by atoms with Gasteiger partial charge in [0.1, 0.15) is 5.75 Å². The van der Waals surface area contributed by atoms with Crippen LogP contribution in [-0.2, 0) is 4.79 Å². The number of carbonyl (C=O) groups excluding carboxylic acids is 1. The Bertz CT molecular complexity index is 1010. The maximum Gasteiger partial charge on any atom is 0.391 e. The number of benzene rings is 1. The summed E-state index contributed by atoms with van der Waals surface area (Å²) in [7, 11) is 0. The number of carboxylic acid groups (broad SMARTS) is 1. The number of hydrogen-bond donors (Lipinski definition) is 3. The highest BCUT2D eigenvalue weighted by Gasteiger charge is 2.41. The van der Waals surface area contributed by atoms with Crippen molar-refractivity contribution in [3.63, 3.8) is 0 Å². The summed E-state index contributed by atoms with van der Waals surface area (Å²) < 4.78 is 49.6. The van der Waals surface area contributed by atoms with E-state index in [0.717, 1.165) is 0 Å². The number of hydrogen-bond acceptors (Lipinski definition) is 7. The SMILES string of the molecule is O=C(Nc1ccc(OC2CCC(C(=O)O)CC2)cc1)c1nnc(NC2CCC(C(F)(F)F)CC2)o1. The van der Waals surface area contributed by atoms with E-state index < -0.39 is 24.0 Å². The molecule has 9 nitrogen and oxygen atoms in total. The van der Waals surface area contributed by atoms with Gasteiger partial charge in [0.05, 0.1) is 17.9 Å². The lowest BCUT2D eigenvalue weighted by atomic mass is 9.86. The van der Waals surface area contributed by atoms with E-state index in [9.17, 15) is 22.8 Å². The highest BCUT2D eigenvalue weighted by Crippen LogP contribution is 2.38. The van der Waals surface area contributed by atoms with Crippen LogP contribution in [0.1, 0.15) is 62.1 Å². The molecule has 2 saturated carbocycles. The smallest absolute Gasteiger partial charge is 0.391 e. The summed E-state index contributed by atoms with van der Waals surface area (Å²) in [6, 6.07) is 6.49. The van der Waals surface area contributed by atoms with Crippen LogP contribution in [0.4, 0.5) is 24.9 Å². The van der Waals surface area contributed by atoms with Gasteiger partial charge in [0.25, 0.3) is 0 Å². The van der Waals surface area contributed by atoms with Crippen molar-refractivity contribution in [2.24, 2.45) is 11.8 Å². The molecule has 0 unspecified atom stereocenters. The van der Waals surface area contributed by atoms with Gasteiger partial charge in [-0.2, -0.15) is 13.2 Å². The number of halogens is 3. The maximum absolute atomic E-state index is 12.8. The van der Waals surface area contributed by atoms with E-state index in [-0.39, 0.29) is 42.8 Å². The average molecular weight is 496 g/mol. The molecule has 0 radical (unpaired) electrons. The van der Waals surface area contributed by atoms with Crippen molar-refractivity contribution < 1.29 is 37.0 Å². The largest absolute Gasteiger partial charge is 0.490 e. The number of aliphatic carboxylic acids is 1. The Morgan fingerprint density at radius 2 is 1.63 bits per heavy atom. The lowest BCUT2D eigenvalue weighted by Crippen LogP contribution is -2.32. The highest BCUT2D eigenvalue weighted by molar-refractivity contribution is 6.00. The molecule has 2 aliphatic rings. The zero-order valence-electron chi connectivity index (χ0n) is 18.9. The second kappa shape index (κ2) is 10.5. The normalized spacial score (nSPS) is 25.0. The number of amides is 1. The first-order chi connectivity index (χ1) is 16.7. The molecule has 1 aromatic carbocycles. The number of alkyl halides is 3. The molecule has 1 amide bonds. The minimum atomic E-state index is -4.17. The summed E-state index contributed by atoms with van der Waals surface area (Å²) in [6.07, 6.45) is -0.982. The third-order valence-corrected chi connectivity index (χ3v) is 6.58. The van der Waals surface area contributed by atoms with Crippen LogP contribution in [0.15, 0.2) is 28.7 Å². The van der Waals surface area contributed by atoms with E-state index in [4.69, 9.17) is 14.3 Å². The standard InChI is InChI=1S/C23H27F3N4O5/c24-23(25,26)14-3-5-16(6-4-14)28-22-30-29-20(35-22)19(31)27-15-7-11-18(12-8-15)34-17-9-1-13(2-10-17)21(32)33/h7-8,11-14,16-17H,1-6,9-10H2,(H,27,31)(H,28,30)(H,32,33). The van der Waals surface area contributed by atoms with Gasteiger partial charge < -0.3 is 24.9 Å². The number of anilines is 2. The monoisotopic (exact) mass is 496 g/mol. The fraction of sp³-hybridized carbons (Fsp3) is 0.565. The van der Waals surface area contributed by atoms with Gasteiger partial charge in [-0.3, -0.25) is 9.59 Å². The summed E-state index contributed by atoms with van der Waals surface area (Å²) in [5.41, 5.74) is 0.482. The lowest BCUT2D eigenvalue weighted by Gasteiger charge is -2.29. The maximum atomic E-state index is 12.8. The van der Waals surface area contributed by atoms with Gasteiger partial charge in [0.15, 0.2) is 0 Å². The quantitative estimate of drug-likeness (QED) is 0.495. The van der Waals surface area contributed by atoms with E-state index in [1.807, 2.05) is 0 Å². The average Bonchev–Trinajstić information content (AvgIpc) is 3.29. The van der Waals surface area contributed by atoms with Crippen LogP contribution >= 0.6 is 0 Å². The van der Waals surface area contributed by atoms with Gasteiger partial charge in [-0.05, 0) is 75.6 Å². The number of ether oxygens (including phenoxy) is 1. The Balaban J connectivity index is 1.23. The summed E-state index contributed by atoms with van der Waals surface area (Å²) in [4.78, 5) is 23.5. The first-order valence-corrected chi connectivity index (χ1v) is 11.6. The number of carboxylic acids is 1. The van der Waals surface area contributed by atoms with Crippen molar-refractivity contribution in [2.45, 2.75) is 69.7 Å². The topological polar surface area (TPSA) is 127 Å². The van der Waals surface area contributed by atoms with Crippen LogP contribution in [0.3, 0.4) is 0 Å².